The number of nitrogens with zero attached hydrogens (tertiary/aromatic N) is 2. The van der Waals surface area contributed by atoms with E-state index in [2.05, 4.69) is 9.73 Å². The number of hydroxylamine groups is 2. The minimum absolute atomic E-state index is 0.380. The van der Waals surface area contributed by atoms with Crippen molar-refractivity contribution in [3.63, 3.8) is 0 Å². The molecule has 1 heterocycles. The molecule has 0 aliphatic carbocycles. The molecule has 0 unspecified atom stereocenters. The lowest BCUT2D eigenvalue weighted by atomic mass is 10.2. The van der Waals surface area contributed by atoms with Crippen molar-refractivity contribution in [2.75, 3.05) is 33.4 Å². The molecule has 0 amide bonds. The van der Waals surface area contributed by atoms with Crippen molar-refractivity contribution in [1.29, 1.82) is 0 Å². The summed E-state index contributed by atoms with van der Waals surface area (Å²) < 4.78 is 10.3. The van der Waals surface area contributed by atoms with Crippen LogP contribution in [0.5, 0.6) is 5.75 Å². The van der Waals surface area contributed by atoms with Crippen LogP contribution in [0.3, 0.4) is 0 Å². The van der Waals surface area contributed by atoms with Gasteiger partial charge in [-0.25, -0.2) is 4.79 Å². The number of rotatable bonds is 6. The highest BCUT2D eigenvalue weighted by Gasteiger charge is 2.07. The highest BCUT2D eigenvalue weighted by atomic mass is 16.5. The van der Waals surface area contributed by atoms with E-state index in [0.29, 0.717) is 37.6 Å². The predicted octanol–water partition coefficient (Wildman–Crippen LogP) is 1.94. The van der Waals surface area contributed by atoms with E-state index in [9.17, 15) is 10.0 Å². The van der Waals surface area contributed by atoms with Crippen molar-refractivity contribution in [3.05, 3.63) is 42.0 Å². The van der Waals surface area contributed by atoms with Crippen LogP contribution < -0.4 is 4.74 Å². The smallest absolute Gasteiger partial charge is 0.337 e. The third kappa shape index (κ3) is 4.98. The maximum atomic E-state index is 11.4. The molecule has 0 aromatic heterocycles. The molecule has 2 rings (SSSR count). The first-order chi connectivity index (χ1) is 10.7. The van der Waals surface area contributed by atoms with Crippen molar-refractivity contribution in [2.24, 2.45) is 4.99 Å². The highest BCUT2D eigenvalue weighted by Crippen LogP contribution is 2.14. The summed E-state index contributed by atoms with van der Waals surface area (Å²) in [7, 11) is 1.35. The van der Waals surface area contributed by atoms with Crippen LogP contribution >= 0.6 is 0 Å². The second kappa shape index (κ2) is 8.31. The Morgan fingerprint density at radius 1 is 1.45 bits per heavy atom. The summed E-state index contributed by atoms with van der Waals surface area (Å²) in [6, 6.07) is 6.89. The van der Waals surface area contributed by atoms with Crippen LogP contribution in [-0.2, 0) is 4.74 Å². The summed E-state index contributed by atoms with van der Waals surface area (Å²) in [5.74, 6) is 0.254. The second-order valence-corrected chi connectivity index (χ2v) is 4.84. The van der Waals surface area contributed by atoms with Gasteiger partial charge in [-0.2, -0.15) is 5.06 Å². The zero-order valence-electron chi connectivity index (χ0n) is 12.6. The number of methoxy groups -OCH3 is 1. The van der Waals surface area contributed by atoms with Gasteiger partial charge in [-0.15, -0.1) is 0 Å². The van der Waals surface area contributed by atoms with Gasteiger partial charge in [-0.1, -0.05) is 12.1 Å². The van der Waals surface area contributed by atoms with E-state index in [1.807, 2.05) is 12.2 Å². The largest absolute Gasteiger partial charge is 0.494 e. The van der Waals surface area contributed by atoms with Gasteiger partial charge in [-0.05, 0) is 24.3 Å². The minimum atomic E-state index is -0.380. The lowest BCUT2D eigenvalue weighted by Crippen LogP contribution is -2.29. The van der Waals surface area contributed by atoms with E-state index < -0.39 is 0 Å². The van der Waals surface area contributed by atoms with Gasteiger partial charge in [0, 0.05) is 19.5 Å². The summed E-state index contributed by atoms with van der Waals surface area (Å²) in [5, 5.41) is 10.6. The molecule has 1 aliphatic heterocycles. The van der Waals surface area contributed by atoms with Crippen LogP contribution in [0.4, 0.5) is 0 Å². The molecule has 0 spiro atoms. The Kier molecular flexibility index (Phi) is 6.12. The van der Waals surface area contributed by atoms with Gasteiger partial charge in [0.1, 0.15) is 5.75 Å². The number of carbonyl (C=O) groups is 1. The number of esters is 1. The summed E-state index contributed by atoms with van der Waals surface area (Å²) in [5.41, 5.74) is 1.33. The van der Waals surface area contributed by atoms with E-state index in [1.54, 1.807) is 24.3 Å². The van der Waals surface area contributed by atoms with Crippen LogP contribution in [-0.4, -0.2) is 55.3 Å². The first kappa shape index (κ1) is 16.2. The SMILES string of the molecule is COC(=O)c1cccc(OCCCN=C2C=CCN(O)C2)c1. The number of carbonyl (C=O) groups excluding carboxylic acids is 1. The van der Waals surface area contributed by atoms with E-state index in [1.165, 1.54) is 12.2 Å². The molecule has 1 N–H and O–H groups in total. The zero-order valence-corrected chi connectivity index (χ0v) is 12.6. The number of aliphatic imine (C=N–C) groups is 1. The standard InChI is InChI=1S/C16H20N2O4/c1-21-16(19)13-5-2-7-15(11-13)22-10-4-8-17-14-6-3-9-18(20)12-14/h2-3,5-7,11,20H,4,8-10,12H2,1H3. The molecule has 1 aromatic carbocycles. The maximum absolute atomic E-state index is 11.4. The Morgan fingerprint density at radius 3 is 3.09 bits per heavy atom. The molecule has 0 radical (unpaired) electrons. The van der Waals surface area contributed by atoms with E-state index >= 15 is 0 Å². The lowest BCUT2D eigenvalue weighted by Gasteiger charge is -2.16. The number of ether oxygens (including phenoxy) is 2. The number of hydrogen-bond acceptors (Lipinski definition) is 6. The third-order valence-corrected chi connectivity index (χ3v) is 3.11. The van der Waals surface area contributed by atoms with Gasteiger partial charge in [0.2, 0.25) is 0 Å². The number of hydrogen-bond donors (Lipinski definition) is 1. The molecule has 1 aromatic rings. The first-order valence-corrected chi connectivity index (χ1v) is 7.14. The fourth-order valence-corrected chi connectivity index (χ4v) is 2.03. The fraction of sp³-hybridized carbons (Fsp3) is 0.375. The molecular weight excluding hydrogens is 284 g/mol. The molecule has 0 saturated carbocycles. The lowest BCUT2D eigenvalue weighted by molar-refractivity contribution is -0.0665. The van der Waals surface area contributed by atoms with Crippen molar-refractivity contribution in [3.8, 4) is 5.75 Å². The molecule has 0 fully saturated rings. The van der Waals surface area contributed by atoms with Crippen LogP contribution in [0.15, 0.2) is 41.4 Å². The average Bonchev–Trinajstić information content (AvgIpc) is 2.54. The zero-order chi connectivity index (χ0) is 15.8. The quantitative estimate of drug-likeness (QED) is 0.642. The molecule has 0 saturated heterocycles. The predicted molar refractivity (Wildman–Crippen MR) is 82.7 cm³/mol. The summed E-state index contributed by atoms with van der Waals surface area (Å²) in [6.45, 7) is 2.13. The average molecular weight is 304 g/mol. The van der Waals surface area contributed by atoms with Gasteiger partial charge in [-0.3, -0.25) is 4.99 Å². The molecule has 6 heteroatoms. The molecule has 22 heavy (non-hydrogen) atoms. The Labute approximate surface area is 129 Å². The number of benzene rings is 1. The summed E-state index contributed by atoms with van der Waals surface area (Å²) in [4.78, 5) is 15.8. The van der Waals surface area contributed by atoms with Crippen molar-refractivity contribution in [1.82, 2.24) is 5.06 Å². The van der Waals surface area contributed by atoms with Gasteiger partial charge in [0.05, 0.1) is 31.5 Å². The van der Waals surface area contributed by atoms with E-state index in [0.717, 1.165) is 12.1 Å². The molecular formula is C16H20N2O4. The van der Waals surface area contributed by atoms with Gasteiger partial charge < -0.3 is 14.7 Å². The van der Waals surface area contributed by atoms with Gasteiger partial charge in [0.15, 0.2) is 0 Å². The molecule has 0 atom stereocenters. The Hall–Kier alpha value is -2.18. The minimum Gasteiger partial charge on any atom is -0.494 e. The van der Waals surface area contributed by atoms with Gasteiger partial charge >= 0.3 is 5.97 Å². The molecule has 1 aliphatic rings. The topological polar surface area (TPSA) is 71.4 Å². The van der Waals surface area contributed by atoms with Crippen LogP contribution in [0.1, 0.15) is 16.8 Å². The van der Waals surface area contributed by atoms with Crippen LogP contribution in [0.2, 0.25) is 0 Å². The summed E-state index contributed by atoms with van der Waals surface area (Å²) >= 11 is 0. The van der Waals surface area contributed by atoms with Crippen LogP contribution in [0.25, 0.3) is 0 Å². The van der Waals surface area contributed by atoms with E-state index in [4.69, 9.17) is 4.74 Å². The normalized spacial score (nSPS) is 16.7. The molecule has 6 nitrogen and oxygen atoms in total. The highest BCUT2D eigenvalue weighted by molar-refractivity contribution is 5.97. The monoisotopic (exact) mass is 304 g/mol. The summed E-state index contributed by atoms with van der Waals surface area (Å²) in [6.07, 6.45) is 4.55. The molecule has 118 valence electrons. The Morgan fingerprint density at radius 2 is 2.32 bits per heavy atom. The van der Waals surface area contributed by atoms with Gasteiger partial charge in [0.25, 0.3) is 0 Å². The fourth-order valence-electron chi connectivity index (χ4n) is 2.03. The Bertz CT molecular complexity index is 569. The second-order valence-electron chi connectivity index (χ2n) is 4.84. The van der Waals surface area contributed by atoms with Crippen molar-refractivity contribution in [2.45, 2.75) is 6.42 Å². The Balaban J connectivity index is 1.75. The molecule has 0 bridgehead atoms. The van der Waals surface area contributed by atoms with Crippen molar-refractivity contribution >= 4 is 11.7 Å². The maximum Gasteiger partial charge on any atom is 0.337 e. The van der Waals surface area contributed by atoms with Crippen LogP contribution in [0, 0.1) is 0 Å². The third-order valence-electron chi connectivity index (χ3n) is 3.11. The first-order valence-electron chi connectivity index (χ1n) is 7.14. The van der Waals surface area contributed by atoms with E-state index in [-0.39, 0.29) is 5.97 Å². The van der Waals surface area contributed by atoms with Crippen molar-refractivity contribution < 1.29 is 19.5 Å².